The molecule has 3 nitrogen and oxygen atoms in total. The monoisotopic (exact) mass is 194 g/mol. The van der Waals surface area contributed by atoms with E-state index in [1.807, 2.05) is 0 Å². The van der Waals surface area contributed by atoms with E-state index in [1.54, 1.807) is 19.2 Å². The first-order valence-corrected chi connectivity index (χ1v) is 4.20. The fraction of sp³-hybridized carbons (Fsp3) is 0.300. The second-order valence-corrected chi connectivity index (χ2v) is 2.87. The van der Waals surface area contributed by atoms with Gasteiger partial charge in [-0.15, -0.1) is 0 Å². The van der Waals surface area contributed by atoms with Crippen LogP contribution in [0.15, 0.2) is 18.2 Å². The Labute approximate surface area is 81.8 Å². The SMILES string of the molecule is CN[C@@H](CO)c1ccc(F)c(C#N)c1. The molecule has 0 aromatic heterocycles. The maximum absolute atomic E-state index is 12.9. The molecule has 1 aromatic rings. The zero-order chi connectivity index (χ0) is 10.6. The van der Waals surface area contributed by atoms with Crippen LogP contribution >= 0.6 is 0 Å². The predicted octanol–water partition coefficient (Wildman–Crippen LogP) is 0.950. The second kappa shape index (κ2) is 4.70. The van der Waals surface area contributed by atoms with Gasteiger partial charge in [-0.3, -0.25) is 0 Å². The fourth-order valence-electron chi connectivity index (χ4n) is 1.21. The summed E-state index contributed by atoms with van der Waals surface area (Å²) in [6, 6.07) is 5.71. The standard InChI is InChI=1S/C10H11FN2O/c1-13-10(6-14)7-2-3-9(11)8(4-7)5-12/h2-4,10,13-14H,6H2,1H3/t10-/m0/s1. The van der Waals surface area contributed by atoms with Gasteiger partial charge in [-0.1, -0.05) is 6.07 Å². The zero-order valence-corrected chi connectivity index (χ0v) is 7.79. The smallest absolute Gasteiger partial charge is 0.140 e. The molecule has 4 heteroatoms. The number of hydrogen-bond acceptors (Lipinski definition) is 3. The quantitative estimate of drug-likeness (QED) is 0.753. The van der Waals surface area contributed by atoms with Crippen molar-refractivity contribution in [1.82, 2.24) is 5.32 Å². The predicted molar refractivity (Wildman–Crippen MR) is 50.0 cm³/mol. The number of aliphatic hydroxyl groups excluding tert-OH is 1. The van der Waals surface area contributed by atoms with Gasteiger partial charge < -0.3 is 10.4 Å². The summed E-state index contributed by atoms with van der Waals surface area (Å²) in [4.78, 5) is 0. The summed E-state index contributed by atoms with van der Waals surface area (Å²) in [5.41, 5.74) is 0.698. The minimum absolute atomic E-state index is 0.00352. The summed E-state index contributed by atoms with van der Waals surface area (Å²) in [5, 5.41) is 20.4. The molecule has 0 aliphatic heterocycles. The first kappa shape index (κ1) is 10.6. The van der Waals surface area contributed by atoms with Crippen molar-refractivity contribution in [3.8, 4) is 6.07 Å². The summed E-state index contributed by atoms with van der Waals surface area (Å²) in [6.07, 6.45) is 0. The first-order valence-electron chi connectivity index (χ1n) is 4.20. The number of likely N-dealkylation sites (N-methyl/N-ethyl adjacent to an activating group) is 1. The molecule has 0 unspecified atom stereocenters. The zero-order valence-electron chi connectivity index (χ0n) is 7.79. The van der Waals surface area contributed by atoms with Crippen LogP contribution in [0, 0.1) is 17.1 Å². The topological polar surface area (TPSA) is 56.0 Å². The third-order valence-corrected chi connectivity index (χ3v) is 2.04. The van der Waals surface area contributed by atoms with E-state index >= 15 is 0 Å². The van der Waals surface area contributed by atoms with E-state index in [1.165, 1.54) is 12.1 Å². The van der Waals surface area contributed by atoms with Gasteiger partial charge in [-0.05, 0) is 24.7 Å². The van der Waals surface area contributed by atoms with Crippen LogP contribution in [0.4, 0.5) is 4.39 Å². The van der Waals surface area contributed by atoms with Crippen LogP contribution in [0.1, 0.15) is 17.2 Å². The van der Waals surface area contributed by atoms with Gasteiger partial charge in [-0.25, -0.2) is 4.39 Å². The van der Waals surface area contributed by atoms with Gasteiger partial charge in [-0.2, -0.15) is 5.26 Å². The number of hydrogen-bond donors (Lipinski definition) is 2. The molecule has 1 rings (SSSR count). The minimum atomic E-state index is -0.538. The largest absolute Gasteiger partial charge is 0.394 e. The minimum Gasteiger partial charge on any atom is -0.394 e. The first-order chi connectivity index (χ1) is 6.72. The van der Waals surface area contributed by atoms with Crippen molar-refractivity contribution in [2.75, 3.05) is 13.7 Å². The van der Waals surface area contributed by atoms with Crippen LogP contribution < -0.4 is 5.32 Å². The molecule has 0 saturated heterocycles. The molecule has 0 bridgehead atoms. The van der Waals surface area contributed by atoms with E-state index in [0.29, 0.717) is 5.56 Å². The number of rotatable bonds is 3. The van der Waals surface area contributed by atoms with E-state index in [4.69, 9.17) is 10.4 Å². The van der Waals surface area contributed by atoms with E-state index < -0.39 is 5.82 Å². The van der Waals surface area contributed by atoms with Crippen molar-refractivity contribution in [2.24, 2.45) is 0 Å². The normalized spacial score (nSPS) is 12.1. The lowest BCUT2D eigenvalue weighted by atomic mass is 10.0. The van der Waals surface area contributed by atoms with Gasteiger partial charge in [0, 0.05) is 0 Å². The summed E-state index contributed by atoms with van der Waals surface area (Å²) < 4.78 is 12.9. The summed E-state index contributed by atoms with van der Waals surface area (Å²) >= 11 is 0. The number of nitrogens with one attached hydrogen (secondary N) is 1. The Morgan fingerprint density at radius 3 is 2.86 bits per heavy atom. The highest BCUT2D eigenvalue weighted by Gasteiger charge is 2.10. The highest BCUT2D eigenvalue weighted by atomic mass is 19.1. The molecule has 0 fully saturated rings. The Kier molecular flexibility index (Phi) is 3.57. The van der Waals surface area contributed by atoms with Gasteiger partial charge >= 0.3 is 0 Å². The van der Waals surface area contributed by atoms with E-state index in [-0.39, 0.29) is 18.2 Å². The number of aliphatic hydroxyl groups is 1. The van der Waals surface area contributed by atoms with Crippen LogP contribution in [-0.4, -0.2) is 18.8 Å². The van der Waals surface area contributed by atoms with Gasteiger partial charge in [0.25, 0.3) is 0 Å². The molecule has 0 spiro atoms. The average Bonchev–Trinajstić information content (AvgIpc) is 2.22. The van der Waals surface area contributed by atoms with Crippen molar-refractivity contribution in [3.05, 3.63) is 35.1 Å². The van der Waals surface area contributed by atoms with Crippen LogP contribution in [0.5, 0.6) is 0 Å². The van der Waals surface area contributed by atoms with E-state index in [2.05, 4.69) is 5.32 Å². The third kappa shape index (κ3) is 2.08. The number of nitriles is 1. The van der Waals surface area contributed by atoms with Gasteiger partial charge in [0.2, 0.25) is 0 Å². The van der Waals surface area contributed by atoms with Crippen LogP contribution in [-0.2, 0) is 0 Å². The molecule has 14 heavy (non-hydrogen) atoms. The lowest BCUT2D eigenvalue weighted by molar-refractivity contribution is 0.251. The van der Waals surface area contributed by atoms with Crippen molar-refractivity contribution < 1.29 is 9.50 Å². The third-order valence-electron chi connectivity index (χ3n) is 2.04. The highest BCUT2D eigenvalue weighted by molar-refractivity contribution is 5.35. The second-order valence-electron chi connectivity index (χ2n) is 2.87. The van der Waals surface area contributed by atoms with Crippen molar-refractivity contribution in [2.45, 2.75) is 6.04 Å². The molecule has 0 radical (unpaired) electrons. The molecule has 0 saturated carbocycles. The Bertz CT molecular complexity index is 356. The maximum Gasteiger partial charge on any atom is 0.140 e. The number of halogens is 1. The summed E-state index contributed by atoms with van der Waals surface area (Å²) in [7, 11) is 1.69. The Morgan fingerprint density at radius 2 is 2.36 bits per heavy atom. The van der Waals surface area contributed by atoms with E-state index in [9.17, 15) is 4.39 Å². The lowest BCUT2D eigenvalue weighted by Crippen LogP contribution is -2.20. The van der Waals surface area contributed by atoms with Gasteiger partial charge in [0.15, 0.2) is 0 Å². The van der Waals surface area contributed by atoms with Crippen molar-refractivity contribution >= 4 is 0 Å². The van der Waals surface area contributed by atoms with Crippen molar-refractivity contribution in [1.29, 1.82) is 5.26 Å². The van der Waals surface area contributed by atoms with Gasteiger partial charge in [0.1, 0.15) is 11.9 Å². The number of nitrogens with zero attached hydrogens (tertiary/aromatic N) is 1. The molecular weight excluding hydrogens is 183 g/mol. The molecule has 0 amide bonds. The van der Waals surface area contributed by atoms with Gasteiger partial charge in [0.05, 0.1) is 18.2 Å². The molecular formula is C10H11FN2O. The summed E-state index contributed by atoms with van der Waals surface area (Å²) in [5.74, 6) is -0.538. The molecule has 1 aromatic carbocycles. The maximum atomic E-state index is 12.9. The molecule has 74 valence electrons. The Balaban J connectivity index is 3.06. The Hall–Kier alpha value is -1.44. The number of benzene rings is 1. The highest BCUT2D eigenvalue weighted by Crippen LogP contribution is 2.15. The lowest BCUT2D eigenvalue weighted by Gasteiger charge is -2.13. The average molecular weight is 194 g/mol. The molecule has 0 aliphatic rings. The molecule has 0 aliphatic carbocycles. The molecule has 1 atom stereocenters. The Morgan fingerprint density at radius 1 is 1.64 bits per heavy atom. The van der Waals surface area contributed by atoms with Crippen LogP contribution in [0.25, 0.3) is 0 Å². The van der Waals surface area contributed by atoms with Crippen LogP contribution in [0.2, 0.25) is 0 Å². The molecule has 2 N–H and O–H groups in total. The van der Waals surface area contributed by atoms with Crippen molar-refractivity contribution in [3.63, 3.8) is 0 Å². The summed E-state index contributed by atoms with van der Waals surface area (Å²) in [6.45, 7) is -0.0903. The van der Waals surface area contributed by atoms with E-state index in [0.717, 1.165) is 0 Å². The molecule has 0 heterocycles. The fourth-order valence-corrected chi connectivity index (χ4v) is 1.21. The van der Waals surface area contributed by atoms with Crippen LogP contribution in [0.3, 0.4) is 0 Å².